The summed E-state index contributed by atoms with van der Waals surface area (Å²) < 4.78 is 0. The first-order valence-electron chi connectivity index (χ1n) is 3.78. The van der Waals surface area contributed by atoms with E-state index < -0.39 is 0 Å². The predicted octanol–water partition coefficient (Wildman–Crippen LogP) is 2.15. The zero-order valence-electron chi connectivity index (χ0n) is 6.27. The molecular formula is C8H17O. The van der Waals surface area contributed by atoms with Crippen molar-refractivity contribution in [1.82, 2.24) is 0 Å². The fourth-order valence-corrected chi connectivity index (χ4v) is 0.820. The van der Waals surface area contributed by atoms with Crippen LogP contribution in [0.15, 0.2) is 0 Å². The molecule has 1 heteroatoms. The molecule has 0 saturated carbocycles. The summed E-state index contributed by atoms with van der Waals surface area (Å²) in [4.78, 5) is 0. The minimum absolute atomic E-state index is 0.0950. The number of aliphatic hydroxyl groups is 1. The lowest BCUT2D eigenvalue weighted by Crippen LogP contribution is -2.04. The second-order valence-electron chi connectivity index (χ2n) is 2.44. The minimum atomic E-state index is -0.0950. The molecule has 1 N–H and O–H groups in total. The van der Waals surface area contributed by atoms with E-state index in [0.717, 1.165) is 25.7 Å². The van der Waals surface area contributed by atoms with Crippen LogP contribution in [0.1, 0.15) is 39.0 Å². The summed E-state index contributed by atoms with van der Waals surface area (Å²) in [6.45, 7) is 5.81. The van der Waals surface area contributed by atoms with Crippen LogP contribution in [0.4, 0.5) is 0 Å². The van der Waals surface area contributed by atoms with Crippen LogP contribution in [0.25, 0.3) is 0 Å². The van der Waals surface area contributed by atoms with Crippen molar-refractivity contribution < 1.29 is 5.11 Å². The fraction of sp³-hybridized carbons (Fsp3) is 0.875. The topological polar surface area (TPSA) is 20.2 Å². The van der Waals surface area contributed by atoms with Crippen LogP contribution in [-0.4, -0.2) is 11.2 Å². The van der Waals surface area contributed by atoms with E-state index in [0.29, 0.717) is 0 Å². The quantitative estimate of drug-likeness (QED) is 0.603. The first kappa shape index (κ1) is 8.96. The molecule has 1 atom stereocenters. The molecule has 0 aliphatic heterocycles. The number of rotatable bonds is 5. The highest BCUT2D eigenvalue weighted by atomic mass is 16.3. The van der Waals surface area contributed by atoms with Crippen molar-refractivity contribution in [2.75, 3.05) is 0 Å². The first-order valence-corrected chi connectivity index (χ1v) is 3.78. The molecule has 55 valence electrons. The number of hydrogen-bond acceptors (Lipinski definition) is 1. The molecule has 0 heterocycles. The first-order chi connectivity index (χ1) is 4.31. The molecule has 0 saturated heterocycles. The van der Waals surface area contributed by atoms with Crippen molar-refractivity contribution in [1.29, 1.82) is 0 Å². The van der Waals surface area contributed by atoms with Gasteiger partial charge in [0.1, 0.15) is 0 Å². The summed E-state index contributed by atoms with van der Waals surface area (Å²) >= 11 is 0. The lowest BCUT2D eigenvalue weighted by atomic mass is 10.1. The number of aliphatic hydroxyl groups excluding tert-OH is 1. The summed E-state index contributed by atoms with van der Waals surface area (Å²) in [5.41, 5.74) is 0. The fourth-order valence-electron chi connectivity index (χ4n) is 0.820. The lowest BCUT2D eigenvalue weighted by Gasteiger charge is -2.06. The van der Waals surface area contributed by atoms with Gasteiger partial charge in [-0.05, 0) is 12.8 Å². The predicted molar refractivity (Wildman–Crippen MR) is 40.1 cm³/mol. The minimum Gasteiger partial charge on any atom is -0.393 e. The average molecular weight is 129 g/mol. The van der Waals surface area contributed by atoms with Gasteiger partial charge in [0.2, 0.25) is 0 Å². The van der Waals surface area contributed by atoms with E-state index in [1.807, 2.05) is 0 Å². The van der Waals surface area contributed by atoms with E-state index >= 15 is 0 Å². The third-order valence-corrected chi connectivity index (χ3v) is 1.43. The summed E-state index contributed by atoms with van der Waals surface area (Å²) in [6, 6.07) is 0. The Labute approximate surface area is 58.1 Å². The normalized spacial score (nSPS) is 13.7. The Bertz CT molecular complexity index is 52.5. The van der Waals surface area contributed by atoms with E-state index in [2.05, 4.69) is 13.8 Å². The second kappa shape index (κ2) is 6.09. The molecule has 0 spiro atoms. The van der Waals surface area contributed by atoms with Crippen LogP contribution in [-0.2, 0) is 0 Å². The highest BCUT2D eigenvalue weighted by Gasteiger charge is 1.99. The van der Waals surface area contributed by atoms with Gasteiger partial charge in [-0.25, -0.2) is 0 Å². The molecule has 1 nitrogen and oxygen atoms in total. The van der Waals surface area contributed by atoms with Crippen LogP contribution in [0.2, 0.25) is 0 Å². The average Bonchev–Trinajstić information content (AvgIpc) is 1.85. The van der Waals surface area contributed by atoms with Gasteiger partial charge < -0.3 is 5.11 Å². The molecule has 0 aromatic carbocycles. The summed E-state index contributed by atoms with van der Waals surface area (Å²) in [7, 11) is 0. The molecule has 0 bridgehead atoms. The maximum absolute atomic E-state index is 9.14. The summed E-state index contributed by atoms with van der Waals surface area (Å²) in [5.74, 6) is 0. The van der Waals surface area contributed by atoms with Gasteiger partial charge in [-0.15, -0.1) is 0 Å². The lowest BCUT2D eigenvalue weighted by molar-refractivity contribution is 0.152. The molecule has 0 aromatic heterocycles. The van der Waals surface area contributed by atoms with Crippen molar-refractivity contribution in [2.45, 2.75) is 45.1 Å². The standard InChI is InChI=1S/C8H17O/c1-3-5-7-8(9)6-4-2/h8-9H,2-7H2,1H3. The van der Waals surface area contributed by atoms with Gasteiger partial charge in [-0.2, -0.15) is 0 Å². The SMILES string of the molecule is [CH2]CCC(O)CCCC. The Hall–Kier alpha value is -0.0400. The van der Waals surface area contributed by atoms with Gasteiger partial charge in [0, 0.05) is 0 Å². The van der Waals surface area contributed by atoms with Gasteiger partial charge in [0.15, 0.2) is 0 Å². The van der Waals surface area contributed by atoms with E-state index in [1.54, 1.807) is 0 Å². The maximum atomic E-state index is 9.14. The monoisotopic (exact) mass is 129 g/mol. The van der Waals surface area contributed by atoms with Gasteiger partial charge >= 0.3 is 0 Å². The van der Waals surface area contributed by atoms with E-state index in [9.17, 15) is 0 Å². The van der Waals surface area contributed by atoms with Crippen LogP contribution >= 0.6 is 0 Å². The largest absolute Gasteiger partial charge is 0.393 e. The molecule has 0 aliphatic carbocycles. The Morgan fingerprint density at radius 1 is 1.44 bits per heavy atom. The number of unbranched alkanes of at least 4 members (excludes halogenated alkanes) is 1. The Morgan fingerprint density at radius 2 is 2.11 bits per heavy atom. The molecule has 9 heavy (non-hydrogen) atoms. The molecule has 0 fully saturated rings. The second-order valence-corrected chi connectivity index (χ2v) is 2.44. The van der Waals surface area contributed by atoms with E-state index in [4.69, 9.17) is 5.11 Å². The van der Waals surface area contributed by atoms with Crippen LogP contribution in [0.5, 0.6) is 0 Å². The van der Waals surface area contributed by atoms with Crippen LogP contribution < -0.4 is 0 Å². The Kier molecular flexibility index (Phi) is 6.06. The van der Waals surface area contributed by atoms with Crippen molar-refractivity contribution in [3.05, 3.63) is 6.92 Å². The Morgan fingerprint density at radius 3 is 2.56 bits per heavy atom. The van der Waals surface area contributed by atoms with Crippen molar-refractivity contribution in [3.8, 4) is 0 Å². The summed E-state index contributed by atoms with van der Waals surface area (Å²) in [5, 5.41) is 9.14. The molecule has 0 aromatic rings. The smallest absolute Gasteiger partial charge is 0.0540 e. The zero-order chi connectivity index (χ0) is 7.11. The van der Waals surface area contributed by atoms with Crippen LogP contribution in [0, 0.1) is 6.92 Å². The zero-order valence-corrected chi connectivity index (χ0v) is 6.27. The third-order valence-electron chi connectivity index (χ3n) is 1.43. The summed E-state index contributed by atoms with van der Waals surface area (Å²) in [6.07, 6.45) is 4.88. The molecule has 0 amide bonds. The molecule has 0 rings (SSSR count). The van der Waals surface area contributed by atoms with Gasteiger partial charge in [-0.1, -0.05) is 33.1 Å². The third kappa shape index (κ3) is 5.84. The van der Waals surface area contributed by atoms with Gasteiger partial charge in [0.05, 0.1) is 6.10 Å². The Balaban J connectivity index is 2.95. The highest BCUT2D eigenvalue weighted by molar-refractivity contribution is 4.55. The molecule has 1 unspecified atom stereocenters. The molecular weight excluding hydrogens is 112 g/mol. The maximum Gasteiger partial charge on any atom is 0.0540 e. The van der Waals surface area contributed by atoms with Gasteiger partial charge in [0.25, 0.3) is 0 Å². The van der Waals surface area contributed by atoms with E-state index in [-0.39, 0.29) is 6.10 Å². The van der Waals surface area contributed by atoms with Crippen LogP contribution in [0.3, 0.4) is 0 Å². The van der Waals surface area contributed by atoms with Gasteiger partial charge in [-0.3, -0.25) is 0 Å². The van der Waals surface area contributed by atoms with Crippen molar-refractivity contribution in [2.24, 2.45) is 0 Å². The highest BCUT2D eigenvalue weighted by Crippen LogP contribution is 2.04. The number of hydrogen-bond donors (Lipinski definition) is 1. The molecule has 1 radical (unpaired) electrons. The van der Waals surface area contributed by atoms with Crippen molar-refractivity contribution >= 4 is 0 Å². The van der Waals surface area contributed by atoms with Crippen molar-refractivity contribution in [3.63, 3.8) is 0 Å². The van der Waals surface area contributed by atoms with E-state index in [1.165, 1.54) is 6.42 Å². The molecule has 0 aliphatic rings.